The van der Waals surface area contributed by atoms with Crippen LogP contribution in [0.5, 0.6) is 0 Å². The van der Waals surface area contributed by atoms with Crippen LogP contribution < -0.4 is 4.90 Å². The third kappa shape index (κ3) is 2.71. The molecular formula is C11H12N2O2. The second-order valence-corrected chi connectivity index (χ2v) is 3.36. The molecule has 0 aliphatic carbocycles. The number of hydrogen-bond acceptors (Lipinski definition) is 3. The molecule has 0 aliphatic heterocycles. The first-order valence-corrected chi connectivity index (χ1v) is 4.48. The predicted molar refractivity (Wildman–Crippen MR) is 56.8 cm³/mol. The largest absolute Gasteiger partial charge is 0.480 e. The lowest BCUT2D eigenvalue weighted by atomic mass is 10.1. The van der Waals surface area contributed by atoms with Gasteiger partial charge >= 0.3 is 5.97 Å². The Morgan fingerprint density at radius 1 is 1.60 bits per heavy atom. The highest BCUT2D eigenvalue weighted by Crippen LogP contribution is 2.17. The summed E-state index contributed by atoms with van der Waals surface area (Å²) in [5.74, 6) is -0.875. The van der Waals surface area contributed by atoms with E-state index in [0.717, 1.165) is 11.3 Å². The van der Waals surface area contributed by atoms with Crippen molar-refractivity contribution in [1.29, 1.82) is 5.26 Å². The van der Waals surface area contributed by atoms with Gasteiger partial charge in [0.2, 0.25) is 0 Å². The van der Waals surface area contributed by atoms with Crippen LogP contribution in [0, 0.1) is 18.3 Å². The van der Waals surface area contributed by atoms with Gasteiger partial charge in [0, 0.05) is 12.7 Å². The van der Waals surface area contributed by atoms with Gasteiger partial charge in [0.1, 0.15) is 6.54 Å². The van der Waals surface area contributed by atoms with Gasteiger partial charge in [-0.2, -0.15) is 5.26 Å². The van der Waals surface area contributed by atoms with Crippen LogP contribution in [0.25, 0.3) is 0 Å². The molecule has 0 radical (unpaired) electrons. The van der Waals surface area contributed by atoms with Crippen LogP contribution in [0.4, 0.5) is 5.69 Å². The van der Waals surface area contributed by atoms with Gasteiger partial charge in [-0.05, 0) is 30.7 Å². The molecule has 1 N–H and O–H groups in total. The zero-order valence-corrected chi connectivity index (χ0v) is 8.69. The van der Waals surface area contributed by atoms with Crippen molar-refractivity contribution in [3.63, 3.8) is 0 Å². The molecule has 1 aromatic carbocycles. The molecule has 0 saturated carbocycles. The second-order valence-electron chi connectivity index (χ2n) is 3.36. The van der Waals surface area contributed by atoms with Crippen LogP contribution in [0.15, 0.2) is 18.2 Å². The highest BCUT2D eigenvalue weighted by molar-refractivity contribution is 5.73. The van der Waals surface area contributed by atoms with Gasteiger partial charge in [0.05, 0.1) is 11.6 Å². The number of hydrogen-bond donors (Lipinski definition) is 1. The number of carbonyl (C=O) groups is 1. The number of carboxylic acid groups (broad SMARTS) is 1. The Morgan fingerprint density at radius 3 is 2.73 bits per heavy atom. The Morgan fingerprint density at radius 2 is 2.27 bits per heavy atom. The summed E-state index contributed by atoms with van der Waals surface area (Å²) in [7, 11) is 1.70. The first-order chi connectivity index (χ1) is 7.04. The zero-order valence-electron chi connectivity index (χ0n) is 8.69. The maximum atomic E-state index is 10.5. The summed E-state index contributed by atoms with van der Waals surface area (Å²) in [5.41, 5.74) is 2.27. The lowest BCUT2D eigenvalue weighted by molar-refractivity contribution is -0.135. The van der Waals surface area contributed by atoms with Crippen LogP contribution in [0.3, 0.4) is 0 Å². The van der Waals surface area contributed by atoms with E-state index in [2.05, 4.69) is 6.07 Å². The fourth-order valence-corrected chi connectivity index (χ4v) is 1.30. The molecule has 0 aliphatic rings. The summed E-state index contributed by atoms with van der Waals surface area (Å²) in [6, 6.07) is 7.32. The molecular weight excluding hydrogens is 192 g/mol. The number of likely N-dealkylation sites (N-methyl/N-ethyl adjacent to an activating group) is 1. The Balaban J connectivity index is 2.93. The number of carboxylic acids is 1. The first-order valence-electron chi connectivity index (χ1n) is 4.48. The van der Waals surface area contributed by atoms with Crippen molar-refractivity contribution in [2.75, 3.05) is 18.5 Å². The van der Waals surface area contributed by atoms with E-state index in [1.165, 1.54) is 0 Å². The smallest absolute Gasteiger partial charge is 0.323 e. The Labute approximate surface area is 88.4 Å². The molecule has 0 saturated heterocycles. The fraction of sp³-hybridized carbons (Fsp3) is 0.273. The molecule has 4 heteroatoms. The summed E-state index contributed by atoms with van der Waals surface area (Å²) >= 11 is 0. The van der Waals surface area contributed by atoms with Crippen LogP contribution in [-0.2, 0) is 4.79 Å². The lowest BCUT2D eigenvalue weighted by Crippen LogP contribution is -2.25. The molecule has 0 unspecified atom stereocenters. The van der Waals surface area contributed by atoms with Crippen molar-refractivity contribution in [2.45, 2.75) is 6.92 Å². The molecule has 4 nitrogen and oxygen atoms in total. The fourth-order valence-electron chi connectivity index (χ4n) is 1.30. The van der Waals surface area contributed by atoms with Crippen molar-refractivity contribution in [3.8, 4) is 6.07 Å². The van der Waals surface area contributed by atoms with Crippen molar-refractivity contribution in [1.82, 2.24) is 0 Å². The van der Waals surface area contributed by atoms with Gasteiger partial charge in [0.25, 0.3) is 0 Å². The molecule has 0 atom stereocenters. The van der Waals surface area contributed by atoms with Crippen LogP contribution in [-0.4, -0.2) is 24.7 Å². The van der Waals surface area contributed by atoms with Crippen LogP contribution in [0.2, 0.25) is 0 Å². The second kappa shape index (κ2) is 4.47. The number of rotatable bonds is 3. The van der Waals surface area contributed by atoms with Crippen molar-refractivity contribution in [2.24, 2.45) is 0 Å². The molecule has 0 bridgehead atoms. The molecule has 0 fully saturated rings. The predicted octanol–water partition coefficient (Wildman–Crippen LogP) is 1.39. The standard InChI is InChI=1S/C11H12N2O2/c1-8-5-10(4-3-9(8)6-12)13(2)7-11(14)15/h3-5H,7H2,1-2H3,(H,14,15). The van der Waals surface area contributed by atoms with E-state index >= 15 is 0 Å². The van der Waals surface area contributed by atoms with Gasteiger partial charge in [0.15, 0.2) is 0 Å². The minimum atomic E-state index is -0.875. The molecule has 0 heterocycles. The molecule has 0 amide bonds. The van der Waals surface area contributed by atoms with Crippen molar-refractivity contribution in [3.05, 3.63) is 29.3 Å². The maximum Gasteiger partial charge on any atom is 0.323 e. The molecule has 0 spiro atoms. The lowest BCUT2D eigenvalue weighted by Gasteiger charge is -2.17. The topological polar surface area (TPSA) is 64.3 Å². The quantitative estimate of drug-likeness (QED) is 0.808. The van der Waals surface area contributed by atoms with Crippen molar-refractivity contribution >= 4 is 11.7 Å². The Kier molecular flexibility index (Phi) is 3.29. The number of nitriles is 1. The zero-order chi connectivity index (χ0) is 11.4. The summed E-state index contributed by atoms with van der Waals surface area (Å²) in [6.07, 6.45) is 0. The average Bonchev–Trinajstić information content (AvgIpc) is 2.16. The van der Waals surface area contributed by atoms with Crippen LogP contribution >= 0.6 is 0 Å². The van der Waals surface area contributed by atoms with Crippen molar-refractivity contribution < 1.29 is 9.90 Å². The van der Waals surface area contributed by atoms with E-state index in [9.17, 15) is 4.79 Å². The summed E-state index contributed by atoms with van der Waals surface area (Å²) in [4.78, 5) is 12.1. The molecule has 0 aromatic heterocycles. The van der Waals surface area contributed by atoms with Gasteiger partial charge in [-0.3, -0.25) is 4.79 Å². The van der Waals surface area contributed by atoms with Gasteiger partial charge in [-0.1, -0.05) is 0 Å². The number of aliphatic carboxylic acids is 1. The molecule has 78 valence electrons. The summed E-state index contributed by atoms with van der Waals surface area (Å²) < 4.78 is 0. The number of aryl methyl sites for hydroxylation is 1. The molecule has 1 aromatic rings. The number of anilines is 1. The minimum absolute atomic E-state index is 0.0503. The average molecular weight is 204 g/mol. The normalized spacial score (nSPS) is 9.40. The number of benzene rings is 1. The van der Waals surface area contributed by atoms with E-state index in [-0.39, 0.29) is 6.54 Å². The highest BCUT2D eigenvalue weighted by atomic mass is 16.4. The minimum Gasteiger partial charge on any atom is -0.480 e. The summed E-state index contributed by atoms with van der Waals surface area (Å²) in [5, 5.41) is 17.4. The van der Waals surface area contributed by atoms with E-state index < -0.39 is 5.97 Å². The maximum absolute atomic E-state index is 10.5. The van der Waals surface area contributed by atoms with E-state index in [4.69, 9.17) is 10.4 Å². The van der Waals surface area contributed by atoms with Gasteiger partial charge in [-0.15, -0.1) is 0 Å². The summed E-state index contributed by atoms with van der Waals surface area (Å²) in [6.45, 7) is 1.78. The Hall–Kier alpha value is -2.02. The third-order valence-corrected chi connectivity index (χ3v) is 2.14. The van der Waals surface area contributed by atoms with E-state index in [0.29, 0.717) is 5.56 Å². The van der Waals surface area contributed by atoms with Gasteiger partial charge in [-0.25, -0.2) is 0 Å². The number of nitrogens with zero attached hydrogens (tertiary/aromatic N) is 2. The van der Waals surface area contributed by atoms with Crippen LogP contribution in [0.1, 0.15) is 11.1 Å². The van der Waals surface area contributed by atoms with Gasteiger partial charge < -0.3 is 10.0 Å². The highest BCUT2D eigenvalue weighted by Gasteiger charge is 2.06. The first kappa shape index (κ1) is 11.1. The van der Waals surface area contributed by atoms with E-state index in [1.807, 2.05) is 13.0 Å². The monoisotopic (exact) mass is 204 g/mol. The van der Waals surface area contributed by atoms with E-state index in [1.54, 1.807) is 24.1 Å². The SMILES string of the molecule is Cc1cc(N(C)CC(=O)O)ccc1C#N. The Bertz CT molecular complexity index is 421. The molecule has 15 heavy (non-hydrogen) atoms. The third-order valence-electron chi connectivity index (χ3n) is 2.14. The molecule has 1 rings (SSSR count).